The minimum Gasteiger partial charge on any atom is -0.326 e. The van der Waals surface area contributed by atoms with Crippen LogP contribution in [0.2, 0.25) is 5.02 Å². The molecule has 2 aromatic carbocycles. The lowest BCUT2D eigenvalue weighted by Crippen LogP contribution is -2.23. The van der Waals surface area contributed by atoms with Gasteiger partial charge in [-0.2, -0.15) is 13.2 Å². The Morgan fingerprint density at radius 1 is 1.04 bits per heavy atom. The Balaban J connectivity index is 1.75. The number of anilines is 1. The van der Waals surface area contributed by atoms with Crippen LogP contribution in [0.3, 0.4) is 0 Å². The lowest BCUT2D eigenvalue weighted by atomic mass is 10.1. The van der Waals surface area contributed by atoms with Gasteiger partial charge in [-0.3, -0.25) is 4.79 Å². The summed E-state index contributed by atoms with van der Waals surface area (Å²) in [6.07, 6.45) is -3.55. The summed E-state index contributed by atoms with van der Waals surface area (Å²) in [6, 6.07) is 13.2. The molecule has 0 saturated carbocycles. The summed E-state index contributed by atoms with van der Waals surface area (Å²) in [6.45, 7) is 1.16. The standard InChI is InChI=1S/C18H18ClF3N2O/c19-16-7-6-14(12-15(16)18(20,21)22)24-17(25)9-11-23-10-8-13-4-2-1-3-5-13/h1-7,12,23H,8-11H2,(H,24,25). The fraction of sp³-hybridized carbons (Fsp3) is 0.278. The highest BCUT2D eigenvalue weighted by atomic mass is 35.5. The van der Waals surface area contributed by atoms with Gasteiger partial charge < -0.3 is 10.6 Å². The molecule has 7 heteroatoms. The summed E-state index contributed by atoms with van der Waals surface area (Å²) in [5.74, 6) is -0.359. The van der Waals surface area contributed by atoms with Gasteiger partial charge in [-0.1, -0.05) is 41.9 Å². The molecule has 2 N–H and O–H groups in total. The van der Waals surface area contributed by atoms with Crippen molar-refractivity contribution in [3.8, 4) is 0 Å². The van der Waals surface area contributed by atoms with Crippen LogP contribution in [0.4, 0.5) is 18.9 Å². The first-order valence-corrected chi connectivity index (χ1v) is 8.15. The molecule has 0 unspecified atom stereocenters. The van der Waals surface area contributed by atoms with E-state index in [2.05, 4.69) is 10.6 Å². The predicted molar refractivity (Wildman–Crippen MR) is 92.7 cm³/mol. The van der Waals surface area contributed by atoms with E-state index in [-0.39, 0.29) is 18.0 Å². The maximum absolute atomic E-state index is 12.8. The van der Waals surface area contributed by atoms with E-state index in [1.807, 2.05) is 30.3 Å². The van der Waals surface area contributed by atoms with Crippen LogP contribution >= 0.6 is 11.6 Å². The van der Waals surface area contributed by atoms with Crippen LogP contribution in [-0.2, 0) is 17.4 Å². The fourth-order valence-corrected chi connectivity index (χ4v) is 2.47. The van der Waals surface area contributed by atoms with Crippen molar-refractivity contribution in [2.24, 2.45) is 0 Å². The van der Waals surface area contributed by atoms with Crippen molar-refractivity contribution in [3.63, 3.8) is 0 Å². The molecule has 0 atom stereocenters. The van der Waals surface area contributed by atoms with Gasteiger partial charge in [0.05, 0.1) is 10.6 Å². The highest BCUT2D eigenvalue weighted by molar-refractivity contribution is 6.31. The minimum absolute atomic E-state index is 0.0750. The van der Waals surface area contributed by atoms with E-state index in [4.69, 9.17) is 11.6 Å². The quantitative estimate of drug-likeness (QED) is 0.703. The van der Waals surface area contributed by atoms with E-state index in [1.54, 1.807) is 0 Å². The number of amides is 1. The van der Waals surface area contributed by atoms with Crippen LogP contribution in [-0.4, -0.2) is 19.0 Å². The molecule has 2 aromatic rings. The molecule has 2 rings (SSSR count). The van der Waals surface area contributed by atoms with E-state index in [1.165, 1.54) is 11.6 Å². The van der Waals surface area contributed by atoms with Gasteiger partial charge in [0, 0.05) is 18.7 Å². The summed E-state index contributed by atoms with van der Waals surface area (Å²) >= 11 is 5.54. The molecule has 0 aromatic heterocycles. The van der Waals surface area contributed by atoms with E-state index >= 15 is 0 Å². The molecule has 0 aliphatic heterocycles. The Morgan fingerprint density at radius 2 is 1.76 bits per heavy atom. The molecule has 134 valence electrons. The first-order chi connectivity index (χ1) is 11.9. The van der Waals surface area contributed by atoms with Gasteiger partial charge in [0.2, 0.25) is 5.91 Å². The summed E-state index contributed by atoms with van der Waals surface area (Å²) < 4.78 is 38.4. The minimum atomic E-state index is -4.56. The fourth-order valence-electron chi connectivity index (χ4n) is 2.25. The molecule has 0 radical (unpaired) electrons. The van der Waals surface area contributed by atoms with Crippen LogP contribution in [0.1, 0.15) is 17.5 Å². The monoisotopic (exact) mass is 370 g/mol. The van der Waals surface area contributed by atoms with E-state index in [0.717, 1.165) is 25.1 Å². The van der Waals surface area contributed by atoms with E-state index in [9.17, 15) is 18.0 Å². The maximum atomic E-state index is 12.8. The molecule has 0 spiro atoms. The zero-order valence-corrected chi connectivity index (χ0v) is 14.1. The largest absolute Gasteiger partial charge is 0.417 e. The number of carbonyl (C=O) groups excluding carboxylic acids is 1. The Hall–Kier alpha value is -2.05. The van der Waals surface area contributed by atoms with E-state index < -0.39 is 16.8 Å². The molecule has 0 aliphatic carbocycles. The molecule has 3 nitrogen and oxygen atoms in total. The molecule has 25 heavy (non-hydrogen) atoms. The van der Waals surface area contributed by atoms with Crippen LogP contribution in [0.25, 0.3) is 0 Å². The average molecular weight is 371 g/mol. The van der Waals surface area contributed by atoms with Gasteiger partial charge in [0.25, 0.3) is 0 Å². The maximum Gasteiger partial charge on any atom is 0.417 e. The van der Waals surface area contributed by atoms with Gasteiger partial charge in [-0.05, 0) is 36.7 Å². The smallest absolute Gasteiger partial charge is 0.326 e. The van der Waals surface area contributed by atoms with Crippen LogP contribution in [0.15, 0.2) is 48.5 Å². The second-order valence-electron chi connectivity index (χ2n) is 5.48. The average Bonchev–Trinajstić information content (AvgIpc) is 2.56. The third kappa shape index (κ3) is 6.40. The van der Waals surface area contributed by atoms with Crippen molar-refractivity contribution in [3.05, 3.63) is 64.7 Å². The van der Waals surface area contributed by atoms with Crippen molar-refractivity contribution < 1.29 is 18.0 Å². The highest BCUT2D eigenvalue weighted by Gasteiger charge is 2.33. The first kappa shape index (κ1) is 19.3. The van der Waals surface area contributed by atoms with Crippen LogP contribution < -0.4 is 10.6 Å². The number of nitrogens with one attached hydrogen (secondary N) is 2. The lowest BCUT2D eigenvalue weighted by molar-refractivity contribution is -0.137. The van der Waals surface area contributed by atoms with Crippen molar-refractivity contribution in [1.29, 1.82) is 0 Å². The first-order valence-electron chi connectivity index (χ1n) is 7.77. The number of hydrogen-bond acceptors (Lipinski definition) is 2. The third-order valence-electron chi connectivity index (χ3n) is 3.52. The van der Waals surface area contributed by atoms with Crippen LogP contribution in [0, 0.1) is 0 Å². The highest BCUT2D eigenvalue weighted by Crippen LogP contribution is 2.36. The van der Waals surface area contributed by atoms with Gasteiger partial charge in [-0.25, -0.2) is 0 Å². The number of halogens is 4. The summed E-state index contributed by atoms with van der Waals surface area (Å²) in [7, 11) is 0. The molecule has 0 saturated heterocycles. The number of hydrogen-bond donors (Lipinski definition) is 2. The normalized spacial score (nSPS) is 11.4. The predicted octanol–water partition coefficient (Wildman–Crippen LogP) is 4.52. The Bertz CT molecular complexity index is 705. The van der Waals surface area contributed by atoms with Gasteiger partial charge in [0.15, 0.2) is 0 Å². The van der Waals surface area contributed by atoms with Crippen LogP contribution in [0.5, 0.6) is 0 Å². The SMILES string of the molecule is O=C(CCNCCc1ccccc1)Nc1ccc(Cl)c(C(F)(F)F)c1. The summed E-state index contributed by atoms with van der Waals surface area (Å²) in [5.41, 5.74) is 0.305. The van der Waals surface area contributed by atoms with Gasteiger partial charge >= 0.3 is 6.18 Å². The molecule has 0 heterocycles. The van der Waals surface area contributed by atoms with E-state index in [0.29, 0.717) is 6.54 Å². The third-order valence-corrected chi connectivity index (χ3v) is 3.85. The van der Waals surface area contributed by atoms with Crippen molar-refractivity contribution in [2.45, 2.75) is 19.0 Å². The zero-order chi connectivity index (χ0) is 18.3. The molecule has 0 fully saturated rings. The van der Waals surface area contributed by atoms with Crippen molar-refractivity contribution in [1.82, 2.24) is 5.32 Å². The Kier molecular flexibility index (Phi) is 6.84. The number of carbonyl (C=O) groups is 1. The van der Waals surface area contributed by atoms with Gasteiger partial charge in [0.1, 0.15) is 0 Å². The molecular weight excluding hydrogens is 353 g/mol. The number of alkyl halides is 3. The topological polar surface area (TPSA) is 41.1 Å². The zero-order valence-electron chi connectivity index (χ0n) is 13.4. The van der Waals surface area contributed by atoms with Crippen molar-refractivity contribution >= 4 is 23.2 Å². The molecule has 1 amide bonds. The Labute approximate surface area is 149 Å². The molecular formula is C18H18ClF3N2O. The summed E-state index contributed by atoms with van der Waals surface area (Å²) in [5, 5.41) is 5.19. The van der Waals surface area contributed by atoms with Crippen molar-refractivity contribution in [2.75, 3.05) is 18.4 Å². The van der Waals surface area contributed by atoms with Gasteiger partial charge in [-0.15, -0.1) is 0 Å². The second-order valence-corrected chi connectivity index (χ2v) is 5.88. The lowest BCUT2D eigenvalue weighted by Gasteiger charge is -2.12. The number of rotatable bonds is 7. The molecule has 0 bridgehead atoms. The summed E-state index contributed by atoms with van der Waals surface area (Å²) in [4.78, 5) is 11.8. The Morgan fingerprint density at radius 3 is 2.44 bits per heavy atom. The number of benzene rings is 2. The molecule has 0 aliphatic rings. The second kappa shape index (κ2) is 8.87.